The fourth-order valence-corrected chi connectivity index (χ4v) is 4.91. The summed E-state index contributed by atoms with van der Waals surface area (Å²) in [7, 11) is 0. The van der Waals surface area contributed by atoms with Crippen LogP contribution in [0.1, 0.15) is 42.1 Å². The molecule has 4 atom stereocenters. The van der Waals surface area contributed by atoms with E-state index in [4.69, 9.17) is 16.3 Å². The van der Waals surface area contributed by atoms with Crippen LogP contribution in [0.15, 0.2) is 36.4 Å². The number of fused-ring (bicyclic) bond motifs is 1. The highest BCUT2D eigenvalue weighted by Gasteiger charge is 2.55. The number of nitrogens with zero attached hydrogens (tertiary/aromatic N) is 1. The van der Waals surface area contributed by atoms with Crippen molar-refractivity contribution in [3.05, 3.63) is 58.1 Å². The van der Waals surface area contributed by atoms with Gasteiger partial charge >= 0.3 is 0 Å². The summed E-state index contributed by atoms with van der Waals surface area (Å²) in [6.07, 6.45) is 0.493. The summed E-state index contributed by atoms with van der Waals surface area (Å²) in [5.74, 6) is 0.672. The minimum Gasteiger partial charge on any atom is -0.508 e. The molecule has 166 valence electrons. The topological polar surface area (TPSA) is 94.1 Å². The third kappa shape index (κ3) is 3.99. The number of benzene rings is 2. The number of hydrogen-bond donors (Lipinski definition) is 4. The number of aliphatic hydroxyl groups is 1. The van der Waals surface area contributed by atoms with Gasteiger partial charge in [-0.1, -0.05) is 23.7 Å². The monoisotopic (exact) mass is 445 g/mol. The van der Waals surface area contributed by atoms with Gasteiger partial charge in [-0.3, -0.25) is 4.79 Å². The molecular weight excluding hydrogens is 418 g/mol. The summed E-state index contributed by atoms with van der Waals surface area (Å²) in [5, 5.41) is 20.6. The molecule has 2 heterocycles. The molecule has 4 N–H and O–H groups in total. The van der Waals surface area contributed by atoms with Gasteiger partial charge < -0.3 is 19.8 Å². The highest BCUT2D eigenvalue weighted by Crippen LogP contribution is 2.49. The maximum Gasteiger partial charge on any atom is 0.242 e. The van der Waals surface area contributed by atoms with Crippen molar-refractivity contribution in [3.8, 4) is 11.5 Å². The molecule has 1 amide bonds. The molecule has 8 heteroatoms. The second kappa shape index (κ2) is 9.04. The highest BCUT2D eigenvalue weighted by atomic mass is 35.5. The van der Waals surface area contributed by atoms with Gasteiger partial charge in [-0.15, -0.1) is 0 Å². The molecule has 4 unspecified atom stereocenters. The smallest absolute Gasteiger partial charge is 0.242 e. The van der Waals surface area contributed by atoms with Gasteiger partial charge in [-0.25, -0.2) is 10.9 Å². The van der Waals surface area contributed by atoms with Crippen molar-refractivity contribution in [2.75, 3.05) is 19.8 Å². The Kier molecular flexibility index (Phi) is 6.39. The molecule has 0 saturated carbocycles. The number of hydrogen-bond acceptors (Lipinski definition) is 6. The largest absolute Gasteiger partial charge is 0.508 e. The Morgan fingerprint density at radius 1 is 1.19 bits per heavy atom. The van der Waals surface area contributed by atoms with E-state index in [9.17, 15) is 15.0 Å². The van der Waals surface area contributed by atoms with Crippen LogP contribution in [0.3, 0.4) is 0 Å². The number of likely N-dealkylation sites (tertiary alicyclic amines) is 1. The Morgan fingerprint density at radius 2 is 1.97 bits per heavy atom. The molecule has 0 radical (unpaired) electrons. The quantitative estimate of drug-likeness (QED) is 0.523. The molecule has 2 aliphatic rings. The molecule has 0 spiro atoms. The maximum absolute atomic E-state index is 13.3. The summed E-state index contributed by atoms with van der Waals surface area (Å²) in [6.45, 7) is 4.77. The average Bonchev–Trinajstić information content (AvgIpc) is 3.28. The van der Waals surface area contributed by atoms with Crippen molar-refractivity contribution in [1.29, 1.82) is 0 Å². The van der Waals surface area contributed by atoms with Gasteiger partial charge in [0.1, 0.15) is 17.5 Å². The predicted molar refractivity (Wildman–Crippen MR) is 118 cm³/mol. The van der Waals surface area contributed by atoms with Crippen LogP contribution >= 0.6 is 11.6 Å². The molecular formula is C23H28ClN3O4. The fourth-order valence-electron chi connectivity index (χ4n) is 4.74. The van der Waals surface area contributed by atoms with Crippen LogP contribution in [0.4, 0.5) is 0 Å². The molecule has 2 fully saturated rings. The first-order valence-corrected chi connectivity index (χ1v) is 11.0. The number of aromatic hydroxyl groups is 1. The lowest BCUT2D eigenvalue weighted by atomic mass is 9.83. The van der Waals surface area contributed by atoms with Crippen molar-refractivity contribution in [1.82, 2.24) is 15.8 Å². The van der Waals surface area contributed by atoms with E-state index in [0.29, 0.717) is 30.2 Å². The number of hydrazine groups is 1. The number of aryl methyl sites for hydroxylation is 1. The van der Waals surface area contributed by atoms with Gasteiger partial charge in [0.25, 0.3) is 0 Å². The van der Waals surface area contributed by atoms with Gasteiger partial charge in [0, 0.05) is 29.7 Å². The van der Waals surface area contributed by atoms with Crippen molar-refractivity contribution in [2.45, 2.75) is 38.4 Å². The van der Waals surface area contributed by atoms with Gasteiger partial charge in [-0.05, 0) is 55.7 Å². The number of rotatable bonds is 7. The molecule has 31 heavy (non-hydrogen) atoms. The van der Waals surface area contributed by atoms with Crippen LogP contribution < -0.4 is 15.6 Å². The number of amides is 1. The van der Waals surface area contributed by atoms with E-state index >= 15 is 0 Å². The van der Waals surface area contributed by atoms with E-state index in [-0.39, 0.29) is 36.3 Å². The third-order valence-electron chi connectivity index (χ3n) is 6.12. The zero-order valence-electron chi connectivity index (χ0n) is 17.6. The number of phenols is 1. The first kappa shape index (κ1) is 21.9. The van der Waals surface area contributed by atoms with Crippen LogP contribution in [0, 0.1) is 12.8 Å². The minimum absolute atomic E-state index is 0.00822. The molecule has 0 bridgehead atoms. The molecule has 7 nitrogen and oxygen atoms in total. The molecule has 4 rings (SSSR count). The number of phenolic OH excluding ortho intramolecular Hbond substituents is 1. The predicted octanol–water partition coefficient (Wildman–Crippen LogP) is 2.85. The minimum atomic E-state index is -0.455. The van der Waals surface area contributed by atoms with E-state index in [1.807, 2.05) is 43.0 Å². The Labute approximate surface area is 186 Å². The lowest BCUT2D eigenvalue weighted by Gasteiger charge is -2.31. The lowest BCUT2D eigenvalue weighted by molar-refractivity contribution is -0.130. The standard InChI is InChI=1S/C23H28ClN3O4/c1-3-31-15-7-4-6-14(11-15)22-19-20(16-12-17(24)13(2)10-18(16)29)25-26-21(19)23(30)27(22)8-5-9-28/h4,6-7,10-12,19-22,25-26,28-29H,3,5,8-9H2,1-2H3. The maximum atomic E-state index is 13.3. The second-order valence-corrected chi connectivity index (χ2v) is 8.45. The number of carbonyl (C=O) groups excluding carboxylic acids is 1. The van der Waals surface area contributed by atoms with Crippen molar-refractivity contribution in [2.24, 2.45) is 5.92 Å². The van der Waals surface area contributed by atoms with Crippen LogP contribution in [0.5, 0.6) is 11.5 Å². The Bertz CT molecular complexity index is 970. The van der Waals surface area contributed by atoms with Crippen LogP contribution in [-0.4, -0.2) is 46.8 Å². The summed E-state index contributed by atoms with van der Waals surface area (Å²) in [6, 6.07) is 10.2. The van der Waals surface area contributed by atoms with Crippen LogP contribution in [-0.2, 0) is 4.79 Å². The fraction of sp³-hybridized carbons (Fsp3) is 0.435. The summed E-state index contributed by atoms with van der Waals surface area (Å²) in [5.41, 5.74) is 8.75. The average molecular weight is 446 g/mol. The Morgan fingerprint density at radius 3 is 2.71 bits per heavy atom. The summed E-state index contributed by atoms with van der Waals surface area (Å²) >= 11 is 6.36. The van der Waals surface area contributed by atoms with Crippen LogP contribution in [0.25, 0.3) is 0 Å². The molecule has 0 aromatic heterocycles. The van der Waals surface area contributed by atoms with Crippen LogP contribution in [0.2, 0.25) is 5.02 Å². The first-order chi connectivity index (χ1) is 15.0. The number of carbonyl (C=O) groups is 1. The first-order valence-electron chi connectivity index (χ1n) is 10.6. The highest BCUT2D eigenvalue weighted by molar-refractivity contribution is 6.31. The zero-order chi connectivity index (χ0) is 22.1. The van der Waals surface area contributed by atoms with Crippen molar-refractivity contribution in [3.63, 3.8) is 0 Å². The molecule has 2 aliphatic heterocycles. The molecule has 2 saturated heterocycles. The van der Waals surface area contributed by atoms with E-state index in [2.05, 4.69) is 10.9 Å². The second-order valence-electron chi connectivity index (χ2n) is 8.04. The zero-order valence-corrected chi connectivity index (χ0v) is 18.4. The van der Waals surface area contributed by atoms with E-state index < -0.39 is 6.04 Å². The Balaban J connectivity index is 1.78. The molecule has 2 aromatic carbocycles. The van der Waals surface area contributed by atoms with Gasteiger partial charge in [0.15, 0.2) is 0 Å². The number of ether oxygens (including phenoxy) is 1. The summed E-state index contributed by atoms with van der Waals surface area (Å²) < 4.78 is 5.69. The third-order valence-corrected chi connectivity index (χ3v) is 6.53. The van der Waals surface area contributed by atoms with Gasteiger partial charge in [0.2, 0.25) is 5.91 Å². The Hall–Kier alpha value is -2.32. The summed E-state index contributed by atoms with van der Waals surface area (Å²) in [4.78, 5) is 15.1. The molecule has 0 aliphatic carbocycles. The SMILES string of the molecule is CCOc1cccc(C2C3C(NNC3c3cc(Cl)c(C)cc3O)C(=O)N2CCCO)c1. The van der Waals surface area contributed by atoms with Gasteiger partial charge in [0.05, 0.1) is 18.7 Å². The van der Waals surface area contributed by atoms with Crippen molar-refractivity contribution >= 4 is 17.5 Å². The number of aliphatic hydroxyl groups excluding tert-OH is 1. The lowest BCUT2D eigenvalue weighted by Crippen LogP contribution is -2.41. The van der Waals surface area contributed by atoms with E-state index in [1.165, 1.54) is 0 Å². The van der Waals surface area contributed by atoms with Gasteiger partial charge in [-0.2, -0.15) is 0 Å². The molecule has 2 aromatic rings. The van der Waals surface area contributed by atoms with E-state index in [1.54, 1.807) is 12.1 Å². The normalized spacial score (nSPS) is 25.2. The van der Waals surface area contributed by atoms with E-state index in [0.717, 1.165) is 16.9 Å². The number of halogens is 1. The van der Waals surface area contributed by atoms with Crippen molar-refractivity contribution < 1.29 is 19.7 Å². The number of nitrogens with one attached hydrogen (secondary N) is 2.